The molecule has 0 radical (unpaired) electrons. The average Bonchev–Trinajstić information content (AvgIpc) is 3.55. The molecule has 1 N–H and O–H groups in total. The Morgan fingerprint density at radius 2 is 1.95 bits per heavy atom. The highest BCUT2D eigenvalue weighted by Gasteiger charge is 2.36. The van der Waals surface area contributed by atoms with Crippen molar-refractivity contribution >= 4 is 27.5 Å². The van der Waals surface area contributed by atoms with Gasteiger partial charge in [-0.05, 0) is 50.7 Å². The van der Waals surface area contributed by atoms with Gasteiger partial charge < -0.3 is 14.3 Å². The van der Waals surface area contributed by atoms with Gasteiger partial charge in [0.15, 0.2) is 0 Å². The molecule has 9 nitrogen and oxygen atoms in total. The minimum Gasteiger partial charge on any atom is -0.480 e. The monoisotopic (exact) mass is 551 g/mol. The number of nitrogens with zero attached hydrogens (tertiary/aromatic N) is 3. The molecule has 1 aliphatic carbocycles. The fraction of sp³-hybridized carbons (Fsp3) is 0.448. The van der Waals surface area contributed by atoms with Crippen molar-refractivity contribution in [1.29, 1.82) is 0 Å². The quantitative estimate of drug-likeness (QED) is 0.314. The van der Waals surface area contributed by atoms with E-state index in [1.165, 1.54) is 48.6 Å². The summed E-state index contributed by atoms with van der Waals surface area (Å²) in [5.74, 6) is -0.564. The van der Waals surface area contributed by atoms with Crippen molar-refractivity contribution in [2.75, 3.05) is 0 Å². The lowest BCUT2D eigenvalue weighted by Crippen LogP contribution is -2.52. The van der Waals surface area contributed by atoms with E-state index in [2.05, 4.69) is 11.9 Å². The summed E-state index contributed by atoms with van der Waals surface area (Å²) in [6, 6.07) is 9.72. The first-order valence-electron chi connectivity index (χ1n) is 13.2. The molecule has 0 aliphatic heterocycles. The van der Waals surface area contributed by atoms with Gasteiger partial charge in [0.1, 0.15) is 22.7 Å². The molecule has 0 amide bonds. The zero-order valence-corrected chi connectivity index (χ0v) is 23.4. The first-order chi connectivity index (χ1) is 18.6. The van der Waals surface area contributed by atoms with Crippen molar-refractivity contribution in [3.8, 4) is 10.8 Å². The van der Waals surface area contributed by atoms with E-state index in [4.69, 9.17) is 9.15 Å². The number of aliphatic carboxylic acids is 1. The van der Waals surface area contributed by atoms with Crippen molar-refractivity contribution in [3.63, 3.8) is 0 Å². The van der Waals surface area contributed by atoms with Crippen LogP contribution in [0, 0.1) is 12.8 Å². The highest BCUT2D eigenvalue weighted by Crippen LogP contribution is 2.37. The van der Waals surface area contributed by atoms with Crippen LogP contribution < -0.4 is 11.2 Å². The number of benzene rings is 1. The molecule has 5 rings (SSSR count). The summed E-state index contributed by atoms with van der Waals surface area (Å²) in [6.07, 6.45) is 6.79. The predicted molar refractivity (Wildman–Crippen MR) is 149 cm³/mol. The van der Waals surface area contributed by atoms with Gasteiger partial charge >= 0.3 is 11.7 Å². The van der Waals surface area contributed by atoms with Crippen LogP contribution in [-0.2, 0) is 21.6 Å². The average molecular weight is 552 g/mol. The molecule has 3 heterocycles. The van der Waals surface area contributed by atoms with Gasteiger partial charge in [-0.1, -0.05) is 50.1 Å². The molecule has 1 aliphatic rings. The number of carbonyl (C=O) groups is 1. The lowest BCUT2D eigenvalue weighted by molar-refractivity contribution is -0.146. The normalized spacial score (nSPS) is 18.9. The number of aryl methyl sites for hydroxylation is 1. The number of fused-ring (bicyclic) bond motifs is 1. The fourth-order valence-electron chi connectivity index (χ4n) is 5.39. The fourth-order valence-corrected chi connectivity index (χ4v) is 6.63. The highest BCUT2D eigenvalue weighted by molar-refractivity contribution is 7.22. The van der Waals surface area contributed by atoms with Gasteiger partial charge in [-0.2, -0.15) is 0 Å². The van der Waals surface area contributed by atoms with Crippen LogP contribution in [0.3, 0.4) is 0 Å². The molecule has 10 heteroatoms. The topological polar surface area (TPSA) is 117 Å². The van der Waals surface area contributed by atoms with Gasteiger partial charge in [0.2, 0.25) is 5.89 Å². The number of aromatic nitrogens is 3. The van der Waals surface area contributed by atoms with Crippen LogP contribution in [-0.4, -0.2) is 31.3 Å². The molecule has 3 atom stereocenters. The molecule has 0 unspecified atom stereocenters. The number of carboxylic acid groups (broad SMARTS) is 1. The van der Waals surface area contributed by atoms with Crippen molar-refractivity contribution in [2.24, 2.45) is 5.92 Å². The van der Waals surface area contributed by atoms with E-state index < -0.39 is 28.9 Å². The highest BCUT2D eigenvalue weighted by atomic mass is 32.1. The number of oxazole rings is 1. The number of thiophene rings is 1. The summed E-state index contributed by atoms with van der Waals surface area (Å²) >= 11 is 1.24. The second kappa shape index (κ2) is 10.6. The van der Waals surface area contributed by atoms with E-state index in [0.717, 1.165) is 29.4 Å². The Kier molecular flexibility index (Phi) is 7.35. The number of rotatable bonds is 8. The summed E-state index contributed by atoms with van der Waals surface area (Å²) in [6.45, 7) is 6.79. The standard InChI is InChI=1S/C29H33N3O6S/c1-17-10-8-9-13-20(17)38-21(19-11-6-5-7-12-19)16-31-26-22(18(2)23(39-26)24-30-14-15-37-24)25(33)32(28(31)36)29(3,4)27(34)35/h5-7,11-12,14-15,17,20-21H,8-10,13,16H2,1-4H3,(H,34,35)/t17-,20-,21+/m0/s1. The SMILES string of the molecule is Cc1c(-c2ncco2)sc2c1c(=O)n(C(C)(C)C(=O)O)c(=O)n2C[C@@H](O[C@H]1CCCC[C@@H]1C)c1ccccc1. The minimum atomic E-state index is -1.78. The zero-order chi connectivity index (χ0) is 27.9. The summed E-state index contributed by atoms with van der Waals surface area (Å²) in [5, 5.41) is 10.3. The van der Waals surface area contributed by atoms with Crippen LogP contribution in [0.4, 0.5) is 0 Å². The van der Waals surface area contributed by atoms with Gasteiger partial charge in [0.25, 0.3) is 5.56 Å². The van der Waals surface area contributed by atoms with Crippen molar-refractivity contribution in [1.82, 2.24) is 14.1 Å². The summed E-state index contributed by atoms with van der Waals surface area (Å²) in [7, 11) is 0. The maximum Gasteiger partial charge on any atom is 0.333 e. The molecule has 206 valence electrons. The molecule has 0 spiro atoms. The van der Waals surface area contributed by atoms with Crippen LogP contribution in [0.25, 0.3) is 21.0 Å². The Balaban J connectivity index is 1.74. The van der Waals surface area contributed by atoms with Gasteiger partial charge in [0.05, 0.1) is 29.1 Å². The second-order valence-electron chi connectivity index (χ2n) is 10.8. The van der Waals surface area contributed by atoms with Crippen LogP contribution in [0.5, 0.6) is 0 Å². The molecular weight excluding hydrogens is 518 g/mol. The summed E-state index contributed by atoms with van der Waals surface area (Å²) < 4.78 is 14.6. The molecular formula is C29H33N3O6S. The third-order valence-corrected chi connectivity index (χ3v) is 9.12. The van der Waals surface area contributed by atoms with Gasteiger partial charge in [-0.25, -0.2) is 19.1 Å². The second-order valence-corrected chi connectivity index (χ2v) is 11.8. The van der Waals surface area contributed by atoms with E-state index in [1.54, 1.807) is 6.92 Å². The maximum atomic E-state index is 14.1. The lowest BCUT2D eigenvalue weighted by atomic mass is 9.87. The Bertz CT molecular complexity index is 1600. The van der Waals surface area contributed by atoms with Crippen LogP contribution in [0.15, 0.2) is 56.8 Å². The number of carboxylic acids is 1. The molecule has 39 heavy (non-hydrogen) atoms. The Morgan fingerprint density at radius 3 is 2.59 bits per heavy atom. The first-order valence-corrected chi connectivity index (χ1v) is 14.1. The van der Waals surface area contributed by atoms with Gasteiger partial charge in [-0.15, -0.1) is 11.3 Å². The van der Waals surface area contributed by atoms with Crippen molar-refractivity contribution < 1.29 is 19.1 Å². The molecule has 1 fully saturated rings. The number of hydrogen-bond donors (Lipinski definition) is 1. The van der Waals surface area contributed by atoms with E-state index >= 15 is 0 Å². The maximum absolute atomic E-state index is 14.1. The van der Waals surface area contributed by atoms with E-state index in [9.17, 15) is 19.5 Å². The van der Waals surface area contributed by atoms with Crippen LogP contribution in [0.2, 0.25) is 0 Å². The zero-order valence-electron chi connectivity index (χ0n) is 22.5. The van der Waals surface area contributed by atoms with Gasteiger partial charge in [-0.3, -0.25) is 9.36 Å². The van der Waals surface area contributed by atoms with E-state index in [1.807, 2.05) is 30.3 Å². The Morgan fingerprint density at radius 1 is 1.23 bits per heavy atom. The molecule has 4 aromatic rings. The van der Waals surface area contributed by atoms with E-state index in [-0.39, 0.29) is 18.0 Å². The van der Waals surface area contributed by atoms with E-state index in [0.29, 0.717) is 27.1 Å². The Hall–Kier alpha value is -3.50. The molecule has 0 saturated heterocycles. The summed E-state index contributed by atoms with van der Waals surface area (Å²) in [4.78, 5) is 45.4. The molecule has 3 aromatic heterocycles. The molecule has 1 aromatic carbocycles. The molecule has 1 saturated carbocycles. The number of ether oxygens (including phenoxy) is 1. The smallest absolute Gasteiger partial charge is 0.333 e. The van der Waals surface area contributed by atoms with Crippen molar-refractivity contribution in [3.05, 3.63) is 74.8 Å². The third-order valence-electron chi connectivity index (χ3n) is 7.81. The summed E-state index contributed by atoms with van der Waals surface area (Å²) in [5.41, 5.74) is -1.62. The predicted octanol–water partition coefficient (Wildman–Crippen LogP) is 5.34. The van der Waals surface area contributed by atoms with Crippen molar-refractivity contribution in [2.45, 2.75) is 77.7 Å². The van der Waals surface area contributed by atoms with Gasteiger partial charge in [0, 0.05) is 0 Å². The first kappa shape index (κ1) is 27.1. The minimum absolute atomic E-state index is 0.0319. The van der Waals surface area contributed by atoms with Crippen LogP contribution >= 0.6 is 11.3 Å². The lowest BCUT2D eigenvalue weighted by Gasteiger charge is -2.33. The largest absolute Gasteiger partial charge is 0.480 e. The van der Waals surface area contributed by atoms with Crippen LogP contribution in [0.1, 0.15) is 63.7 Å². The third kappa shape index (κ3) is 4.87. The number of hydrogen-bond acceptors (Lipinski definition) is 7. The Labute approximate surface area is 229 Å². The molecule has 0 bridgehead atoms.